The van der Waals surface area contributed by atoms with E-state index in [0.717, 1.165) is 11.3 Å². The molecule has 0 saturated carbocycles. The first-order valence-corrected chi connectivity index (χ1v) is 6.10. The number of carbonyl (C=O) groups is 1. The summed E-state index contributed by atoms with van der Waals surface area (Å²) in [4.78, 5) is 11.2. The van der Waals surface area contributed by atoms with Crippen LogP contribution in [0.4, 0.5) is 23.2 Å². The van der Waals surface area contributed by atoms with Crippen LogP contribution in [0.3, 0.4) is 0 Å². The molecule has 20 heavy (non-hydrogen) atoms. The number of hydrogen-bond acceptors (Lipinski definition) is 3. The zero-order valence-corrected chi connectivity index (χ0v) is 10.5. The molecule has 0 atom stereocenters. The van der Waals surface area contributed by atoms with Crippen LogP contribution in [-0.4, -0.2) is 11.1 Å². The lowest BCUT2D eigenvalue weighted by molar-refractivity contribution is 0.0702. The van der Waals surface area contributed by atoms with Crippen LogP contribution in [0.25, 0.3) is 0 Å². The molecule has 2 N–H and O–H groups in total. The highest BCUT2D eigenvalue weighted by molar-refractivity contribution is 7.13. The SMILES string of the molecule is O=C(O)c1ccc(CNc2c(F)c(F)cc(F)c2F)s1. The molecule has 0 aliphatic rings. The van der Waals surface area contributed by atoms with Crippen LogP contribution in [0.2, 0.25) is 0 Å². The van der Waals surface area contributed by atoms with E-state index in [1.807, 2.05) is 0 Å². The highest BCUT2D eigenvalue weighted by atomic mass is 32.1. The molecule has 1 aromatic heterocycles. The Balaban J connectivity index is 2.20. The normalized spacial score (nSPS) is 10.6. The molecule has 8 heteroatoms. The zero-order chi connectivity index (χ0) is 14.9. The maximum absolute atomic E-state index is 13.3. The molecule has 1 heterocycles. The number of nitrogens with one attached hydrogen (secondary N) is 1. The van der Waals surface area contributed by atoms with E-state index < -0.39 is 34.9 Å². The lowest BCUT2D eigenvalue weighted by Gasteiger charge is -2.08. The first-order valence-electron chi connectivity index (χ1n) is 5.29. The van der Waals surface area contributed by atoms with E-state index in [1.54, 1.807) is 0 Å². The summed E-state index contributed by atoms with van der Waals surface area (Å²) in [6.07, 6.45) is 0. The number of anilines is 1. The van der Waals surface area contributed by atoms with Gasteiger partial charge in [-0.3, -0.25) is 0 Å². The van der Waals surface area contributed by atoms with Crippen LogP contribution in [0.15, 0.2) is 18.2 Å². The first-order chi connectivity index (χ1) is 9.40. The second-order valence-corrected chi connectivity index (χ2v) is 4.94. The molecule has 0 radical (unpaired) electrons. The number of thiophene rings is 1. The Bertz CT molecular complexity index is 645. The molecule has 106 valence electrons. The van der Waals surface area contributed by atoms with Gasteiger partial charge in [-0.15, -0.1) is 11.3 Å². The fourth-order valence-electron chi connectivity index (χ4n) is 1.49. The van der Waals surface area contributed by atoms with E-state index in [2.05, 4.69) is 5.32 Å². The Morgan fingerprint density at radius 1 is 1.15 bits per heavy atom. The van der Waals surface area contributed by atoms with Gasteiger partial charge in [-0.05, 0) is 12.1 Å². The lowest BCUT2D eigenvalue weighted by atomic mass is 10.2. The van der Waals surface area contributed by atoms with Crippen molar-refractivity contribution in [1.82, 2.24) is 0 Å². The van der Waals surface area contributed by atoms with E-state index in [-0.39, 0.29) is 17.5 Å². The van der Waals surface area contributed by atoms with Crippen LogP contribution >= 0.6 is 11.3 Å². The summed E-state index contributed by atoms with van der Waals surface area (Å²) in [6, 6.07) is 2.87. The Morgan fingerprint density at radius 2 is 1.75 bits per heavy atom. The summed E-state index contributed by atoms with van der Waals surface area (Å²) >= 11 is 0.886. The molecular weight excluding hydrogens is 298 g/mol. The number of hydrogen-bond donors (Lipinski definition) is 2. The smallest absolute Gasteiger partial charge is 0.345 e. The van der Waals surface area contributed by atoms with Crippen LogP contribution < -0.4 is 5.32 Å². The van der Waals surface area contributed by atoms with E-state index in [0.29, 0.717) is 4.88 Å². The van der Waals surface area contributed by atoms with Crippen LogP contribution in [0.5, 0.6) is 0 Å². The Kier molecular flexibility index (Phi) is 3.93. The molecule has 0 unspecified atom stereocenters. The van der Waals surface area contributed by atoms with Crippen molar-refractivity contribution in [3.05, 3.63) is 51.2 Å². The molecule has 3 nitrogen and oxygen atoms in total. The van der Waals surface area contributed by atoms with Crippen molar-refractivity contribution >= 4 is 23.0 Å². The second kappa shape index (κ2) is 5.49. The Hall–Kier alpha value is -2.09. The van der Waals surface area contributed by atoms with Crippen molar-refractivity contribution in [2.75, 3.05) is 5.32 Å². The molecule has 0 bridgehead atoms. The third kappa shape index (κ3) is 2.74. The minimum atomic E-state index is -1.53. The van der Waals surface area contributed by atoms with E-state index >= 15 is 0 Å². The highest BCUT2D eigenvalue weighted by Gasteiger charge is 2.19. The molecule has 0 saturated heterocycles. The quantitative estimate of drug-likeness (QED) is 0.670. The largest absolute Gasteiger partial charge is 0.477 e. The molecule has 0 amide bonds. The van der Waals surface area contributed by atoms with Gasteiger partial charge >= 0.3 is 5.97 Å². The zero-order valence-electron chi connectivity index (χ0n) is 9.71. The van der Waals surface area contributed by atoms with Gasteiger partial charge in [0.15, 0.2) is 23.3 Å². The molecule has 0 fully saturated rings. The molecule has 0 aliphatic carbocycles. The topological polar surface area (TPSA) is 49.3 Å². The average molecular weight is 305 g/mol. The highest BCUT2D eigenvalue weighted by Crippen LogP contribution is 2.25. The van der Waals surface area contributed by atoms with Crippen LogP contribution in [-0.2, 0) is 6.54 Å². The average Bonchev–Trinajstić information content (AvgIpc) is 2.85. The van der Waals surface area contributed by atoms with E-state index in [9.17, 15) is 22.4 Å². The first kappa shape index (κ1) is 14.3. The van der Waals surface area contributed by atoms with E-state index in [1.165, 1.54) is 12.1 Å². The van der Waals surface area contributed by atoms with Gasteiger partial charge in [0.05, 0.1) is 0 Å². The monoisotopic (exact) mass is 305 g/mol. The van der Waals surface area contributed by atoms with Gasteiger partial charge in [0.25, 0.3) is 0 Å². The minimum Gasteiger partial charge on any atom is -0.477 e. The standard InChI is InChI=1S/C12H7F4NO2S/c13-6-3-7(14)10(16)11(9(6)15)17-4-5-1-2-8(20-5)12(18)19/h1-3,17H,4H2,(H,18,19). The van der Waals surface area contributed by atoms with Crippen LogP contribution in [0.1, 0.15) is 14.5 Å². The van der Waals surface area contributed by atoms with Crippen molar-refractivity contribution in [3.63, 3.8) is 0 Å². The minimum absolute atomic E-state index is 0.0492. The summed E-state index contributed by atoms with van der Waals surface area (Å²) in [5.74, 6) is -7.21. The maximum Gasteiger partial charge on any atom is 0.345 e. The lowest BCUT2D eigenvalue weighted by Crippen LogP contribution is -2.06. The van der Waals surface area contributed by atoms with Gasteiger partial charge in [0.1, 0.15) is 10.6 Å². The van der Waals surface area contributed by atoms with Crippen molar-refractivity contribution in [1.29, 1.82) is 0 Å². The number of rotatable bonds is 4. The maximum atomic E-state index is 13.3. The summed E-state index contributed by atoms with van der Waals surface area (Å²) in [6.45, 7) is -0.158. The second-order valence-electron chi connectivity index (χ2n) is 3.77. The van der Waals surface area contributed by atoms with Crippen molar-refractivity contribution in [3.8, 4) is 0 Å². The molecule has 2 aromatic rings. The van der Waals surface area contributed by atoms with Crippen molar-refractivity contribution < 1.29 is 27.5 Å². The Labute approximate surface area is 114 Å². The predicted molar refractivity (Wildman–Crippen MR) is 64.9 cm³/mol. The summed E-state index contributed by atoms with van der Waals surface area (Å²) in [5.41, 5.74) is -0.923. The summed E-state index contributed by atoms with van der Waals surface area (Å²) < 4.78 is 52.6. The summed E-state index contributed by atoms with van der Waals surface area (Å²) in [7, 11) is 0. The fourth-order valence-corrected chi connectivity index (χ4v) is 2.28. The third-order valence-corrected chi connectivity index (χ3v) is 3.50. The van der Waals surface area contributed by atoms with Crippen LogP contribution in [0, 0.1) is 23.3 Å². The molecule has 0 spiro atoms. The van der Waals surface area contributed by atoms with Gasteiger partial charge < -0.3 is 10.4 Å². The molecular formula is C12H7F4NO2S. The molecule has 0 aliphatic heterocycles. The number of carboxylic acids is 1. The number of benzene rings is 1. The number of aromatic carboxylic acids is 1. The number of halogens is 4. The van der Waals surface area contributed by atoms with Crippen molar-refractivity contribution in [2.24, 2.45) is 0 Å². The third-order valence-electron chi connectivity index (χ3n) is 2.42. The van der Waals surface area contributed by atoms with Gasteiger partial charge in [-0.2, -0.15) is 0 Å². The van der Waals surface area contributed by atoms with Gasteiger partial charge in [-0.1, -0.05) is 0 Å². The predicted octanol–water partition coefficient (Wildman–Crippen LogP) is 3.61. The van der Waals surface area contributed by atoms with Gasteiger partial charge in [0, 0.05) is 17.5 Å². The van der Waals surface area contributed by atoms with Gasteiger partial charge in [-0.25, -0.2) is 22.4 Å². The Morgan fingerprint density at radius 3 is 2.25 bits per heavy atom. The fraction of sp³-hybridized carbons (Fsp3) is 0.0833. The molecule has 2 rings (SSSR count). The number of carboxylic acid groups (broad SMARTS) is 1. The molecule has 1 aromatic carbocycles. The van der Waals surface area contributed by atoms with Crippen molar-refractivity contribution in [2.45, 2.75) is 6.54 Å². The summed E-state index contributed by atoms with van der Waals surface area (Å²) in [5, 5.41) is 10.9. The van der Waals surface area contributed by atoms with Gasteiger partial charge in [0.2, 0.25) is 0 Å². The van der Waals surface area contributed by atoms with E-state index in [4.69, 9.17) is 5.11 Å².